The van der Waals surface area contributed by atoms with Crippen molar-refractivity contribution in [3.05, 3.63) is 0 Å². The topological polar surface area (TPSA) is 74.3 Å². The second-order valence-corrected chi connectivity index (χ2v) is 2.77. The van der Waals surface area contributed by atoms with Crippen LogP contribution in [0.5, 0.6) is 0 Å². The fourth-order valence-corrected chi connectivity index (χ4v) is 0.855. The normalized spacial score (nSPS) is 11.8. The summed E-state index contributed by atoms with van der Waals surface area (Å²) >= 11 is 0. The number of carbonyl (C=O) groups excluding carboxylic acids is 2. The first-order valence-electron chi connectivity index (χ1n) is 4.64. The molecule has 0 heterocycles. The number of hydrogen-bond donors (Lipinski definition) is 0. The van der Waals surface area contributed by atoms with Gasteiger partial charge in [0.15, 0.2) is 6.29 Å². The lowest BCUT2D eigenvalue weighted by Crippen LogP contribution is -2.39. The van der Waals surface area contributed by atoms with Crippen LogP contribution in [0.1, 0.15) is 6.92 Å². The molecule has 16 heavy (non-hydrogen) atoms. The zero-order chi connectivity index (χ0) is 12.6. The van der Waals surface area contributed by atoms with E-state index in [1.165, 1.54) is 21.3 Å². The molecule has 0 saturated carbocycles. The SMILES string of the molecule is COC(=O)N(CCOC(C)OC)C(=O)OC. The van der Waals surface area contributed by atoms with Gasteiger partial charge in [-0.05, 0) is 6.92 Å². The minimum atomic E-state index is -0.791. The molecule has 1 atom stereocenters. The molecule has 94 valence electrons. The van der Waals surface area contributed by atoms with E-state index in [0.717, 1.165) is 4.90 Å². The number of methoxy groups -OCH3 is 3. The summed E-state index contributed by atoms with van der Waals surface area (Å²) in [5.41, 5.74) is 0. The lowest BCUT2D eigenvalue weighted by atomic mass is 10.6. The monoisotopic (exact) mass is 235 g/mol. The summed E-state index contributed by atoms with van der Waals surface area (Å²) in [6, 6.07) is 0. The maximum atomic E-state index is 11.2. The van der Waals surface area contributed by atoms with E-state index in [1.807, 2.05) is 0 Å². The maximum absolute atomic E-state index is 11.2. The predicted octanol–water partition coefficient (Wildman–Crippen LogP) is 0.830. The van der Waals surface area contributed by atoms with Crippen LogP contribution < -0.4 is 0 Å². The van der Waals surface area contributed by atoms with Crippen LogP contribution in [0.2, 0.25) is 0 Å². The first-order valence-corrected chi connectivity index (χ1v) is 4.64. The van der Waals surface area contributed by atoms with Gasteiger partial charge >= 0.3 is 12.2 Å². The molecule has 0 N–H and O–H groups in total. The third-order valence-corrected chi connectivity index (χ3v) is 1.79. The molecule has 0 aliphatic rings. The molecular formula is C9H17NO6. The molecule has 0 aliphatic carbocycles. The molecule has 7 heteroatoms. The standard InChI is InChI=1S/C9H17NO6/c1-7(13-2)16-6-5-10(8(11)14-3)9(12)15-4/h7H,5-6H2,1-4H3. The van der Waals surface area contributed by atoms with Crippen LogP contribution in [0, 0.1) is 0 Å². The van der Waals surface area contributed by atoms with Gasteiger partial charge in [-0.3, -0.25) is 0 Å². The van der Waals surface area contributed by atoms with Gasteiger partial charge < -0.3 is 18.9 Å². The van der Waals surface area contributed by atoms with E-state index in [1.54, 1.807) is 6.92 Å². The molecule has 0 aromatic heterocycles. The lowest BCUT2D eigenvalue weighted by molar-refractivity contribution is -0.112. The average Bonchev–Trinajstić information content (AvgIpc) is 2.32. The summed E-state index contributed by atoms with van der Waals surface area (Å²) in [6.07, 6.45) is -1.99. The molecule has 0 aliphatic heterocycles. The Morgan fingerprint density at radius 3 is 2.00 bits per heavy atom. The maximum Gasteiger partial charge on any atom is 0.419 e. The van der Waals surface area contributed by atoms with Gasteiger partial charge in [0.2, 0.25) is 0 Å². The second kappa shape index (κ2) is 7.89. The molecule has 0 saturated heterocycles. The summed E-state index contributed by atoms with van der Waals surface area (Å²) in [4.78, 5) is 23.1. The van der Waals surface area contributed by atoms with Gasteiger partial charge in [0.05, 0.1) is 27.4 Å². The third kappa shape index (κ3) is 4.94. The van der Waals surface area contributed by atoms with Crippen LogP contribution in [0.3, 0.4) is 0 Å². The van der Waals surface area contributed by atoms with Crippen molar-refractivity contribution in [2.75, 3.05) is 34.5 Å². The first kappa shape index (κ1) is 14.7. The van der Waals surface area contributed by atoms with Crippen LogP contribution in [0.15, 0.2) is 0 Å². The molecule has 0 rings (SSSR count). The largest absolute Gasteiger partial charge is 0.452 e. The smallest absolute Gasteiger partial charge is 0.419 e. The molecule has 0 radical (unpaired) electrons. The fraction of sp³-hybridized carbons (Fsp3) is 0.778. The summed E-state index contributed by atoms with van der Waals surface area (Å²) in [7, 11) is 3.84. The van der Waals surface area contributed by atoms with Gasteiger partial charge in [-0.25, -0.2) is 14.5 Å². The average molecular weight is 235 g/mol. The Kier molecular flexibility index (Phi) is 7.23. The third-order valence-electron chi connectivity index (χ3n) is 1.79. The number of imide groups is 1. The van der Waals surface area contributed by atoms with E-state index in [2.05, 4.69) is 9.47 Å². The molecule has 0 bridgehead atoms. The molecule has 0 aromatic rings. The number of rotatable bonds is 5. The number of amides is 2. The van der Waals surface area contributed by atoms with Crippen molar-refractivity contribution >= 4 is 12.2 Å². The van der Waals surface area contributed by atoms with E-state index in [0.29, 0.717) is 0 Å². The second-order valence-electron chi connectivity index (χ2n) is 2.77. The van der Waals surface area contributed by atoms with Crippen molar-refractivity contribution < 1.29 is 28.5 Å². The predicted molar refractivity (Wildman–Crippen MR) is 53.9 cm³/mol. The molecular weight excluding hydrogens is 218 g/mol. The van der Waals surface area contributed by atoms with Gasteiger partial charge in [0.25, 0.3) is 0 Å². The Labute approximate surface area is 94.2 Å². The summed E-state index contributed by atoms with van der Waals surface area (Å²) < 4.78 is 18.8. The number of carbonyl (C=O) groups is 2. The first-order chi connectivity index (χ1) is 7.56. The molecule has 7 nitrogen and oxygen atoms in total. The Morgan fingerprint density at radius 2 is 1.62 bits per heavy atom. The van der Waals surface area contributed by atoms with Crippen LogP contribution in [0.4, 0.5) is 9.59 Å². The van der Waals surface area contributed by atoms with Crippen LogP contribution in [0.25, 0.3) is 0 Å². The van der Waals surface area contributed by atoms with Gasteiger partial charge in [0.1, 0.15) is 0 Å². The van der Waals surface area contributed by atoms with Crippen molar-refractivity contribution in [3.63, 3.8) is 0 Å². The highest BCUT2D eigenvalue weighted by molar-refractivity contribution is 5.87. The van der Waals surface area contributed by atoms with Gasteiger partial charge in [-0.15, -0.1) is 0 Å². The number of nitrogens with zero attached hydrogens (tertiary/aromatic N) is 1. The van der Waals surface area contributed by atoms with Gasteiger partial charge in [-0.1, -0.05) is 0 Å². The van der Waals surface area contributed by atoms with Crippen molar-refractivity contribution in [1.82, 2.24) is 4.90 Å². The highest BCUT2D eigenvalue weighted by atomic mass is 16.7. The zero-order valence-electron chi connectivity index (χ0n) is 9.89. The zero-order valence-corrected chi connectivity index (χ0v) is 9.89. The minimum absolute atomic E-state index is 0.0348. The lowest BCUT2D eigenvalue weighted by Gasteiger charge is -2.18. The minimum Gasteiger partial charge on any atom is -0.452 e. The van der Waals surface area contributed by atoms with Crippen molar-refractivity contribution in [2.45, 2.75) is 13.2 Å². The van der Waals surface area contributed by atoms with Gasteiger partial charge in [-0.2, -0.15) is 0 Å². The van der Waals surface area contributed by atoms with Crippen molar-refractivity contribution in [1.29, 1.82) is 0 Å². The fourth-order valence-electron chi connectivity index (χ4n) is 0.855. The van der Waals surface area contributed by atoms with Crippen LogP contribution >= 0.6 is 0 Å². The molecule has 0 spiro atoms. The molecule has 1 unspecified atom stereocenters. The van der Waals surface area contributed by atoms with E-state index >= 15 is 0 Å². The highest BCUT2D eigenvalue weighted by Crippen LogP contribution is 1.98. The van der Waals surface area contributed by atoms with Crippen molar-refractivity contribution in [3.8, 4) is 0 Å². The highest BCUT2D eigenvalue weighted by Gasteiger charge is 2.22. The number of hydrogen-bond acceptors (Lipinski definition) is 6. The molecule has 0 aromatic carbocycles. The van der Waals surface area contributed by atoms with E-state index in [4.69, 9.17) is 9.47 Å². The van der Waals surface area contributed by atoms with E-state index in [-0.39, 0.29) is 13.2 Å². The Morgan fingerprint density at radius 1 is 1.12 bits per heavy atom. The van der Waals surface area contributed by atoms with Crippen molar-refractivity contribution in [2.24, 2.45) is 0 Å². The quantitative estimate of drug-likeness (QED) is 0.657. The van der Waals surface area contributed by atoms with E-state index < -0.39 is 18.5 Å². The molecule has 2 amide bonds. The van der Waals surface area contributed by atoms with Gasteiger partial charge in [0, 0.05) is 7.11 Å². The summed E-state index contributed by atoms with van der Waals surface area (Å²) in [6.45, 7) is 1.87. The molecule has 0 fully saturated rings. The number of ether oxygens (including phenoxy) is 4. The van der Waals surface area contributed by atoms with Crippen LogP contribution in [-0.2, 0) is 18.9 Å². The Bertz CT molecular complexity index is 216. The summed E-state index contributed by atoms with van der Waals surface area (Å²) in [5.74, 6) is 0. The van der Waals surface area contributed by atoms with E-state index in [9.17, 15) is 9.59 Å². The Hall–Kier alpha value is -1.34. The van der Waals surface area contributed by atoms with Crippen LogP contribution in [-0.4, -0.2) is 57.9 Å². The summed E-state index contributed by atoms with van der Waals surface area (Å²) in [5, 5.41) is 0. The Balaban J connectivity index is 4.12.